The van der Waals surface area contributed by atoms with Gasteiger partial charge in [0.1, 0.15) is 0 Å². The van der Waals surface area contributed by atoms with Crippen molar-refractivity contribution in [2.45, 2.75) is 6.42 Å². The summed E-state index contributed by atoms with van der Waals surface area (Å²) in [4.78, 5) is 12.1. The van der Waals surface area contributed by atoms with Crippen molar-refractivity contribution in [1.29, 1.82) is 0 Å². The van der Waals surface area contributed by atoms with Crippen LogP contribution in [-0.4, -0.2) is 39.3 Å². The molecule has 2 aromatic rings. The minimum atomic E-state index is -0.307. The number of aryl methyl sites for hydroxylation is 1. The number of fused-ring (bicyclic) bond motifs is 1. The minimum Gasteiger partial charge on any atom is -0.490 e. The molecule has 0 spiro atoms. The van der Waals surface area contributed by atoms with Crippen molar-refractivity contribution in [2.75, 3.05) is 18.5 Å². The lowest BCUT2D eigenvalue weighted by Gasteiger charge is -2.09. The van der Waals surface area contributed by atoms with Crippen LogP contribution < -0.4 is 14.8 Å². The summed E-state index contributed by atoms with van der Waals surface area (Å²) in [5.74, 6) is 1.20. The van der Waals surface area contributed by atoms with E-state index >= 15 is 0 Å². The Bertz CT molecular complexity index is 640. The predicted octanol–water partition coefficient (Wildman–Crippen LogP) is 0.624. The first-order valence-electron chi connectivity index (χ1n) is 6.17. The van der Waals surface area contributed by atoms with E-state index in [9.17, 15) is 4.79 Å². The van der Waals surface area contributed by atoms with Crippen molar-refractivity contribution in [2.24, 2.45) is 7.05 Å². The van der Waals surface area contributed by atoms with Gasteiger partial charge in [0.05, 0.1) is 13.2 Å². The summed E-state index contributed by atoms with van der Waals surface area (Å²) >= 11 is 0. The van der Waals surface area contributed by atoms with Gasteiger partial charge in [0.2, 0.25) is 5.95 Å². The van der Waals surface area contributed by atoms with E-state index in [2.05, 4.69) is 20.8 Å². The molecule has 1 amide bonds. The third-order valence-electron chi connectivity index (χ3n) is 2.86. The van der Waals surface area contributed by atoms with E-state index in [1.807, 2.05) is 0 Å². The zero-order valence-corrected chi connectivity index (χ0v) is 10.9. The van der Waals surface area contributed by atoms with Crippen molar-refractivity contribution < 1.29 is 14.3 Å². The number of carbonyl (C=O) groups is 1. The molecule has 1 aromatic heterocycles. The van der Waals surface area contributed by atoms with Gasteiger partial charge < -0.3 is 9.47 Å². The fraction of sp³-hybridized carbons (Fsp3) is 0.333. The maximum Gasteiger partial charge on any atom is 0.258 e. The molecule has 0 radical (unpaired) electrons. The van der Waals surface area contributed by atoms with Crippen LogP contribution in [0, 0.1) is 0 Å². The average Bonchev–Trinajstić information content (AvgIpc) is 2.73. The van der Waals surface area contributed by atoms with Crippen LogP contribution in [0.1, 0.15) is 16.8 Å². The molecule has 0 saturated carbocycles. The highest BCUT2D eigenvalue weighted by atomic mass is 16.5. The molecule has 0 bridgehead atoms. The van der Waals surface area contributed by atoms with Crippen molar-refractivity contribution in [3.05, 3.63) is 23.8 Å². The first-order chi connectivity index (χ1) is 9.74. The normalized spacial score (nSPS) is 13.7. The molecule has 0 saturated heterocycles. The second-order valence-electron chi connectivity index (χ2n) is 4.29. The number of ether oxygens (including phenoxy) is 2. The highest BCUT2D eigenvalue weighted by Crippen LogP contribution is 2.30. The maximum atomic E-state index is 12.1. The molecule has 2 heterocycles. The van der Waals surface area contributed by atoms with Crippen LogP contribution in [0.3, 0.4) is 0 Å². The largest absolute Gasteiger partial charge is 0.490 e. The highest BCUT2D eigenvalue weighted by Gasteiger charge is 2.15. The minimum absolute atomic E-state index is 0.280. The molecule has 1 aliphatic heterocycles. The van der Waals surface area contributed by atoms with Gasteiger partial charge >= 0.3 is 0 Å². The van der Waals surface area contributed by atoms with Gasteiger partial charge in [-0.3, -0.25) is 10.1 Å². The Labute approximate surface area is 114 Å². The van der Waals surface area contributed by atoms with E-state index in [4.69, 9.17) is 9.47 Å². The zero-order valence-electron chi connectivity index (χ0n) is 10.9. The molecule has 0 fully saturated rings. The highest BCUT2D eigenvalue weighted by molar-refractivity contribution is 6.03. The molecule has 8 nitrogen and oxygen atoms in total. The van der Waals surface area contributed by atoms with Gasteiger partial charge in [0.15, 0.2) is 11.5 Å². The summed E-state index contributed by atoms with van der Waals surface area (Å²) in [7, 11) is 1.64. The molecule has 1 N–H and O–H groups in total. The number of rotatable bonds is 2. The molecule has 0 unspecified atom stereocenters. The van der Waals surface area contributed by atoms with Crippen LogP contribution in [0.5, 0.6) is 11.5 Å². The number of hydrogen-bond acceptors (Lipinski definition) is 6. The molecule has 20 heavy (non-hydrogen) atoms. The summed E-state index contributed by atoms with van der Waals surface area (Å²) in [6, 6.07) is 5.05. The molecule has 8 heteroatoms. The van der Waals surface area contributed by atoms with E-state index in [1.54, 1.807) is 25.2 Å². The third kappa shape index (κ3) is 2.40. The lowest BCUT2D eigenvalue weighted by atomic mass is 10.2. The number of tetrazole rings is 1. The van der Waals surface area contributed by atoms with Crippen molar-refractivity contribution in [1.82, 2.24) is 20.2 Å². The molecule has 1 aliphatic rings. The van der Waals surface area contributed by atoms with Gasteiger partial charge in [-0.25, -0.2) is 4.68 Å². The monoisotopic (exact) mass is 275 g/mol. The third-order valence-corrected chi connectivity index (χ3v) is 2.86. The molecule has 3 rings (SSSR count). The maximum absolute atomic E-state index is 12.1. The SMILES string of the molecule is Cn1nnnc1NC(=O)c1ccc2c(c1)OCCCO2. The van der Waals surface area contributed by atoms with Crippen LogP contribution >= 0.6 is 0 Å². The number of carbonyl (C=O) groups excluding carboxylic acids is 1. The second kappa shape index (κ2) is 5.16. The van der Waals surface area contributed by atoms with Crippen molar-refractivity contribution in [3.63, 3.8) is 0 Å². The first kappa shape index (κ1) is 12.4. The Balaban J connectivity index is 1.82. The number of hydrogen-bond donors (Lipinski definition) is 1. The van der Waals surface area contributed by atoms with Gasteiger partial charge in [0, 0.05) is 19.0 Å². The van der Waals surface area contributed by atoms with Crippen LogP contribution in [0.2, 0.25) is 0 Å². The summed E-state index contributed by atoms with van der Waals surface area (Å²) < 4.78 is 12.4. The molecule has 0 aliphatic carbocycles. The summed E-state index contributed by atoms with van der Waals surface area (Å²) in [6.07, 6.45) is 0.820. The molecule has 104 valence electrons. The number of nitrogens with one attached hydrogen (secondary N) is 1. The fourth-order valence-electron chi connectivity index (χ4n) is 1.81. The van der Waals surface area contributed by atoms with E-state index in [-0.39, 0.29) is 11.9 Å². The fourth-order valence-corrected chi connectivity index (χ4v) is 1.81. The van der Waals surface area contributed by atoms with E-state index in [1.165, 1.54) is 4.68 Å². The van der Waals surface area contributed by atoms with E-state index in [0.29, 0.717) is 30.3 Å². The number of benzene rings is 1. The molecule has 0 atom stereocenters. The van der Waals surface area contributed by atoms with E-state index < -0.39 is 0 Å². The van der Waals surface area contributed by atoms with Crippen LogP contribution in [0.25, 0.3) is 0 Å². The molecular formula is C12H13N5O3. The molecule has 1 aromatic carbocycles. The second-order valence-corrected chi connectivity index (χ2v) is 4.29. The van der Waals surface area contributed by atoms with Gasteiger partial charge in [-0.2, -0.15) is 0 Å². The van der Waals surface area contributed by atoms with Gasteiger partial charge in [-0.05, 0) is 28.6 Å². The average molecular weight is 275 g/mol. The van der Waals surface area contributed by atoms with Crippen molar-refractivity contribution >= 4 is 11.9 Å². The van der Waals surface area contributed by atoms with E-state index in [0.717, 1.165) is 6.42 Å². The Hall–Kier alpha value is -2.64. The smallest absolute Gasteiger partial charge is 0.258 e. The first-order valence-corrected chi connectivity index (χ1v) is 6.17. The Morgan fingerprint density at radius 3 is 2.85 bits per heavy atom. The van der Waals surface area contributed by atoms with Gasteiger partial charge in [-0.15, -0.1) is 0 Å². The molecular weight excluding hydrogens is 262 g/mol. The Morgan fingerprint density at radius 1 is 1.30 bits per heavy atom. The van der Waals surface area contributed by atoms with Crippen LogP contribution in [0.4, 0.5) is 5.95 Å². The number of aromatic nitrogens is 4. The van der Waals surface area contributed by atoms with Crippen molar-refractivity contribution in [3.8, 4) is 11.5 Å². The number of amides is 1. The summed E-state index contributed by atoms with van der Waals surface area (Å²) in [5, 5.41) is 13.4. The standard InChI is InChI=1S/C12H13N5O3/c1-17-12(14-15-16-17)13-11(18)8-3-4-9-10(7-8)20-6-2-5-19-9/h3-4,7H,2,5-6H2,1H3,(H,13,14,16,18). The lowest BCUT2D eigenvalue weighted by Crippen LogP contribution is -2.15. The van der Waals surface area contributed by atoms with Crippen LogP contribution in [-0.2, 0) is 7.05 Å². The topological polar surface area (TPSA) is 91.2 Å². The van der Waals surface area contributed by atoms with Gasteiger partial charge in [-0.1, -0.05) is 5.10 Å². The zero-order chi connectivity index (χ0) is 13.9. The Kier molecular flexibility index (Phi) is 3.20. The predicted molar refractivity (Wildman–Crippen MR) is 68.8 cm³/mol. The quantitative estimate of drug-likeness (QED) is 0.864. The Morgan fingerprint density at radius 2 is 2.10 bits per heavy atom. The number of nitrogens with zero attached hydrogens (tertiary/aromatic N) is 4. The number of anilines is 1. The summed E-state index contributed by atoms with van der Waals surface area (Å²) in [5.41, 5.74) is 0.456. The summed E-state index contributed by atoms with van der Waals surface area (Å²) in [6.45, 7) is 1.19. The van der Waals surface area contributed by atoms with Crippen LogP contribution in [0.15, 0.2) is 18.2 Å². The lowest BCUT2D eigenvalue weighted by molar-refractivity contribution is 0.102. The van der Waals surface area contributed by atoms with Gasteiger partial charge in [0.25, 0.3) is 5.91 Å².